The Morgan fingerprint density at radius 1 is 1.08 bits per heavy atom. The molecule has 198 valence electrons. The van der Waals surface area contributed by atoms with Crippen LogP contribution in [0.4, 0.5) is 0 Å². The molecule has 0 saturated carbocycles. The number of carboxylic acid groups (broad SMARTS) is 1. The van der Waals surface area contributed by atoms with Gasteiger partial charge in [0, 0.05) is 45.4 Å². The third kappa shape index (κ3) is 5.64. The Labute approximate surface area is 234 Å². The molecule has 0 bridgehead atoms. The molecule has 10 heteroatoms. The van der Waals surface area contributed by atoms with Gasteiger partial charge >= 0.3 is 5.97 Å². The van der Waals surface area contributed by atoms with Crippen molar-refractivity contribution in [2.45, 2.75) is 18.6 Å². The SMILES string of the molecule is COc1cc(OC)cc(-c2nc(S/C(=C\c3c(C)n(Cc4ccc(Cl)cc4)c4ccccc34)C(=O)O)n[nH]2)c1. The van der Waals surface area contributed by atoms with Crippen LogP contribution in [0.3, 0.4) is 0 Å². The number of methoxy groups -OCH3 is 2. The van der Waals surface area contributed by atoms with E-state index in [0.717, 1.165) is 39.5 Å². The average molecular weight is 561 g/mol. The van der Waals surface area contributed by atoms with Gasteiger partial charge in [-0.3, -0.25) is 5.10 Å². The van der Waals surface area contributed by atoms with E-state index >= 15 is 0 Å². The third-order valence-electron chi connectivity index (χ3n) is 6.31. The Kier molecular flexibility index (Phi) is 7.63. The summed E-state index contributed by atoms with van der Waals surface area (Å²) in [6, 6.07) is 21.0. The van der Waals surface area contributed by atoms with E-state index in [2.05, 4.69) is 19.7 Å². The molecule has 0 aliphatic carbocycles. The van der Waals surface area contributed by atoms with Gasteiger partial charge in [0.05, 0.1) is 14.2 Å². The first-order valence-corrected chi connectivity index (χ1v) is 13.2. The van der Waals surface area contributed by atoms with E-state index in [-0.39, 0.29) is 10.1 Å². The number of halogens is 1. The fraction of sp³-hybridized carbons (Fsp3) is 0.138. The highest BCUT2D eigenvalue weighted by Gasteiger charge is 2.19. The van der Waals surface area contributed by atoms with Gasteiger partial charge in [-0.15, -0.1) is 5.10 Å². The van der Waals surface area contributed by atoms with Gasteiger partial charge in [-0.05, 0) is 60.7 Å². The number of aromatic amines is 1. The molecular weight excluding hydrogens is 536 g/mol. The fourth-order valence-electron chi connectivity index (χ4n) is 4.35. The number of carbonyl (C=O) groups is 1. The maximum absolute atomic E-state index is 12.3. The molecule has 39 heavy (non-hydrogen) atoms. The Hall–Kier alpha value is -4.21. The Balaban J connectivity index is 1.50. The Morgan fingerprint density at radius 3 is 2.44 bits per heavy atom. The summed E-state index contributed by atoms with van der Waals surface area (Å²) >= 11 is 7.05. The molecule has 0 amide bonds. The van der Waals surface area contributed by atoms with Gasteiger partial charge < -0.3 is 19.1 Å². The topological polar surface area (TPSA) is 102 Å². The van der Waals surface area contributed by atoms with E-state index < -0.39 is 5.97 Å². The second-order valence-electron chi connectivity index (χ2n) is 8.71. The first kappa shape index (κ1) is 26.4. The number of fused-ring (bicyclic) bond motifs is 1. The summed E-state index contributed by atoms with van der Waals surface area (Å²) in [6.45, 7) is 2.62. The van der Waals surface area contributed by atoms with Gasteiger partial charge in [-0.2, -0.15) is 0 Å². The van der Waals surface area contributed by atoms with Crippen molar-refractivity contribution >= 4 is 46.3 Å². The molecule has 2 heterocycles. The van der Waals surface area contributed by atoms with Crippen molar-refractivity contribution in [1.82, 2.24) is 19.7 Å². The summed E-state index contributed by atoms with van der Waals surface area (Å²) in [5.74, 6) is 0.608. The van der Waals surface area contributed by atoms with Crippen molar-refractivity contribution in [2.75, 3.05) is 14.2 Å². The van der Waals surface area contributed by atoms with Crippen LogP contribution in [0.15, 0.2) is 76.8 Å². The number of nitrogens with one attached hydrogen (secondary N) is 1. The van der Waals surface area contributed by atoms with Crippen molar-refractivity contribution < 1.29 is 19.4 Å². The van der Waals surface area contributed by atoms with Crippen molar-refractivity contribution in [2.24, 2.45) is 0 Å². The molecule has 5 aromatic rings. The number of thioether (sulfide) groups is 1. The molecule has 3 aromatic carbocycles. The maximum atomic E-state index is 12.3. The van der Waals surface area contributed by atoms with Crippen molar-refractivity contribution in [3.05, 3.63) is 93.5 Å². The minimum absolute atomic E-state index is 0.0984. The zero-order valence-corrected chi connectivity index (χ0v) is 23.0. The molecule has 0 atom stereocenters. The molecule has 8 nitrogen and oxygen atoms in total. The summed E-state index contributed by atoms with van der Waals surface area (Å²) in [5, 5.41) is 19.1. The van der Waals surface area contributed by atoms with Gasteiger partial charge in [-0.1, -0.05) is 41.9 Å². The highest BCUT2D eigenvalue weighted by molar-refractivity contribution is 8.04. The van der Waals surface area contributed by atoms with Crippen molar-refractivity contribution in [1.29, 1.82) is 0 Å². The summed E-state index contributed by atoms with van der Waals surface area (Å²) in [4.78, 5) is 16.9. The van der Waals surface area contributed by atoms with Crippen LogP contribution in [0.5, 0.6) is 11.5 Å². The first-order valence-electron chi connectivity index (χ1n) is 12.0. The third-order valence-corrected chi connectivity index (χ3v) is 7.44. The van der Waals surface area contributed by atoms with Crippen molar-refractivity contribution in [3.63, 3.8) is 0 Å². The molecule has 0 saturated heterocycles. The van der Waals surface area contributed by atoms with E-state index in [0.29, 0.717) is 34.5 Å². The number of rotatable bonds is 9. The lowest BCUT2D eigenvalue weighted by atomic mass is 10.1. The summed E-state index contributed by atoms with van der Waals surface area (Å²) in [5.41, 5.74) is 4.59. The number of ether oxygens (including phenoxy) is 2. The van der Waals surface area contributed by atoms with E-state index in [1.165, 1.54) is 0 Å². The minimum atomic E-state index is -1.07. The number of aliphatic carboxylic acids is 1. The van der Waals surface area contributed by atoms with E-state index in [4.69, 9.17) is 21.1 Å². The molecule has 0 radical (unpaired) electrons. The van der Waals surface area contributed by atoms with Crippen LogP contribution < -0.4 is 9.47 Å². The number of hydrogen-bond donors (Lipinski definition) is 2. The number of carboxylic acids is 1. The quantitative estimate of drug-likeness (QED) is 0.153. The first-order chi connectivity index (χ1) is 18.9. The monoisotopic (exact) mass is 560 g/mol. The highest BCUT2D eigenvalue weighted by atomic mass is 35.5. The van der Waals surface area contributed by atoms with Crippen molar-refractivity contribution in [3.8, 4) is 22.9 Å². The Bertz CT molecular complexity index is 1670. The normalized spacial score (nSPS) is 11.6. The summed E-state index contributed by atoms with van der Waals surface area (Å²) < 4.78 is 12.9. The molecule has 0 aliphatic heterocycles. The predicted octanol–water partition coefficient (Wildman–Crippen LogP) is 6.67. The molecule has 5 rings (SSSR count). The smallest absolute Gasteiger partial charge is 0.342 e. The van der Waals surface area contributed by atoms with E-state index in [1.807, 2.05) is 55.5 Å². The van der Waals surface area contributed by atoms with Gasteiger partial charge in [-0.25, -0.2) is 9.78 Å². The van der Waals surface area contributed by atoms with Crippen LogP contribution in [0.25, 0.3) is 28.4 Å². The number of nitrogens with zero attached hydrogens (tertiary/aromatic N) is 3. The second kappa shape index (κ2) is 11.3. The van der Waals surface area contributed by atoms with Crippen LogP contribution >= 0.6 is 23.4 Å². The number of benzene rings is 3. The lowest BCUT2D eigenvalue weighted by Crippen LogP contribution is -2.02. The van der Waals surface area contributed by atoms with Gasteiger partial charge in [0.2, 0.25) is 5.16 Å². The lowest BCUT2D eigenvalue weighted by Gasteiger charge is -2.09. The number of hydrogen-bond acceptors (Lipinski definition) is 6. The van der Waals surface area contributed by atoms with Crippen LogP contribution in [-0.4, -0.2) is 45.0 Å². The van der Waals surface area contributed by atoms with Gasteiger partial charge in [0.1, 0.15) is 16.4 Å². The van der Waals surface area contributed by atoms with Crippen LogP contribution in [0, 0.1) is 6.92 Å². The van der Waals surface area contributed by atoms with Gasteiger partial charge in [0.15, 0.2) is 5.82 Å². The lowest BCUT2D eigenvalue weighted by molar-refractivity contribution is -0.131. The van der Waals surface area contributed by atoms with Gasteiger partial charge in [0.25, 0.3) is 0 Å². The van der Waals surface area contributed by atoms with E-state index in [1.54, 1.807) is 38.5 Å². The Morgan fingerprint density at radius 2 is 1.77 bits per heavy atom. The molecule has 0 unspecified atom stereocenters. The fourth-order valence-corrected chi connectivity index (χ4v) is 5.16. The molecule has 2 N–H and O–H groups in total. The maximum Gasteiger partial charge on any atom is 0.342 e. The number of aromatic nitrogens is 4. The largest absolute Gasteiger partial charge is 0.497 e. The minimum Gasteiger partial charge on any atom is -0.497 e. The second-order valence-corrected chi connectivity index (χ2v) is 10.2. The zero-order valence-electron chi connectivity index (χ0n) is 21.4. The predicted molar refractivity (Wildman–Crippen MR) is 154 cm³/mol. The van der Waals surface area contributed by atoms with Crippen LogP contribution in [0.1, 0.15) is 16.8 Å². The number of H-pyrrole nitrogens is 1. The highest BCUT2D eigenvalue weighted by Crippen LogP contribution is 2.34. The van der Waals surface area contributed by atoms with Crippen LogP contribution in [-0.2, 0) is 11.3 Å². The summed E-state index contributed by atoms with van der Waals surface area (Å²) in [7, 11) is 3.14. The number of para-hydroxylation sites is 1. The molecule has 0 aliphatic rings. The van der Waals surface area contributed by atoms with E-state index in [9.17, 15) is 9.90 Å². The standard InChI is InChI=1S/C29H25ClN4O4S/c1-17-24(23-6-4-5-7-25(23)34(17)16-18-8-10-20(30)11-9-18)15-26(28(35)36)39-29-31-27(32-33-29)19-12-21(37-2)14-22(13-19)38-3/h4-15H,16H2,1-3H3,(H,35,36)(H,31,32,33)/b26-15-. The molecular formula is C29H25ClN4O4S. The zero-order chi connectivity index (χ0) is 27.5. The average Bonchev–Trinajstić information content (AvgIpc) is 3.52. The molecule has 2 aromatic heterocycles. The van der Waals surface area contributed by atoms with Crippen LogP contribution in [0.2, 0.25) is 5.02 Å². The molecule has 0 spiro atoms. The molecule has 0 fully saturated rings. The summed E-state index contributed by atoms with van der Waals surface area (Å²) in [6.07, 6.45) is 1.69.